The third-order valence-electron chi connectivity index (χ3n) is 3.45. The molecular weight excluding hydrogens is 404 g/mol. The number of benzene rings is 2. The lowest BCUT2D eigenvalue weighted by molar-refractivity contribution is -0.112. The maximum Gasteiger partial charge on any atom is 0.266 e. The number of nitrogens with one attached hydrogen (secondary N) is 1. The van der Waals surface area contributed by atoms with Gasteiger partial charge in [-0.25, -0.2) is 0 Å². The van der Waals surface area contributed by atoms with Crippen LogP contribution in [0.1, 0.15) is 18.1 Å². The fourth-order valence-electron chi connectivity index (χ4n) is 2.13. The van der Waals surface area contributed by atoms with Gasteiger partial charge in [-0.3, -0.25) is 4.79 Å². The number of hydrogen-bond acceptors (Lipinski definition) is 3. The van der Waals surface area contributed by atoms with Crippen molar-refractivity contribution in [2.24, 2.45) is 0 Å². The van der Waals surface area contributed by atoms with E-state index in [1.54, 1.807) is 43.3 Å². The van der Waals surface area contributed by atoms with Gasteiger partial charge in [0.25, 0.3) is 5.91 Å². The average Bonchev–Trinajstić information content (AvgIpc) is 2.59. The van der Waals surface area contributed by atoms with Gasteiger partial charge in [0.1, 0.15) is 17.4 Å². The molecule has 2 aromatic carbocycles. The first-order valence-electron chi connectivity index (χ1n) is 7.57. The highest BCUT2D eigenvalue weighted by molar-refractivity contribution is 9.10. The number of ether oxygens (including phenoxy) is 1. The molecule has 0 saturated carbocycles. The van der Waals surface area contributed by atoms with Gasteiger partial charge in [0.15, 0.2) is 0 Å². The molecule has 0 fully saturated rings. The molecule has 0 unspecified atom stereocenters. The fourth-order valence-corrected chi connectivity index (χ4v) is 2.81. The molecule has 2 aromatic rings. The number of rotatable bonds is 5. The minimum atomic E-state index is -0.488. The second-order valence-electron chi connectivity index (χ2n) is 5.16. The van der Waals surface area contributed by atoms with E-state index >= 15 is 0 Å². The van der Waals surface area contributed by atoms with Crippen LogP contribution in [0.5, 0.6) is 5.75 Å². The maximum absolute atomic E-state index is 12.4. The van der Waals surface area contributed by atoms with Gasteiger partial charge < -0.3 is 10.1 Å². The SMILES string of the molecule is CCOc1ccc(/C=C(/C#N)C(=O)Nc2cccc(Cl)c2C)cc1Br. The van der Waals surface area contributed by atoms with Crippen molar-refractivity contribution >= 4 is 45.2 Å². The Bertz CT molecular complexity index is 872. The molecule has 0 atom stereocenters. The number of carbonyl (C=O) groups is 1. The monoisotopic (exact) mass is 418 g/mol. The summed E-state index contributed by atoms with van der Waals surface area (Å²) in [6, 6.07) is 12.5. The van der Waals surface area contributed by atoms with Crippen molar-refractivity contribution in [2.45, 2.75) is 13.8 Å². The number of anilines is 1. The Balaban J connectivity index is 2.25. The Morgan fingerprint density at radius 1 is 1.40 bits per heavy atom. The van der Waals surface area contributed by atoms with E-state index in [0.29, 0.717) is 28.6 Å². The van der Waals surface area contributed by atoms with Gasteiger partial charge in [-0.15, -0.1) is 0 Å². The van der Waals surface area contributed by atoms with Crippen molar-refractivity contribution in [3.63, 3.8) is 0 Å². The van der Waals surface area contributed by atoms with Crippen LogP contribution in [0.4, 0.5) is 5.69 Å². The standard InChI is InChI=1S/C19H16BrClN2O2/c1-3-25-18-8-7-13(10-15(18)20)9-14(11-22)19(24)23-17-6-4-5-16(21)12(17)2/h4-10H,3H2,1-2H3,(H,23,24)/b14-9-. The van der Waals surface area contributed by atoms with Crippen LogP contribution >= 0.6 is 27.5 Å². The first-order valence-corrected chi connectivity index (χ1v) is 8.74. The normalized spacial score (nSPS) is 10.9. The minimum absolute atomic E-state index is 0.00423. The summed E-state index contributed by atoms with van der Waals surface area (Å²) in [4.78, 5) is 12.4. The summed E-state index contributed by atoms with van der Waals surface area (Å²) in [5.74, 6) is 0.218. The highest BCUT2D eigenvalue weighted by Crippen LogP contribution is 2.27. The highest BCUT2D eigenvalue weighted by atomic mass is 79.9. The van der Waals surface area contributed by atoms with E-state index < -0.39 is 5.91 Å². The first kappa shape index (κ1) is 19.0. The largest absolute Gasteiger partial charge is 0.493 e. The lowest BCUT2D eigenvalue weighted by atomic mass is 10.1. The Kier molecular flexibility index (Phi) is 6.63. The Morgan fingerprint density at radius 3 is 2.80 bits per heavy atom. The summed E-state index contributed by atoms with van der Waals surface area (Å²) in [5, 5.41) is 12.6. The lowest BCUT2D eigenvalue weighted by Crippen LogP contribution is -2.14. The molecular formula is C19H16BrClN2O2. The van der Waals surface area contributed by atoms with Gasteiger partial charge in [0.2, 0.25) is 0 Å². The van der Waals surface area contributed by atoms with Crippen molar-refractivity contribution in [2.75, 3.05) is 11.9 Å². The van der Waals surface area contributed by atoms with Crippen LogP contribution in [0.2, 0.25) is 5.02 Å². The Morgan fingerprint density at radius 2 is 2.16 bits per heavy atom. The van der Waals surface area contributed by atoms with Crippen LogP contribution < -0.4 is 10.1 Å². The Labute approximate surface area is 160 Å². The summed E-state index contributed by atoms with van der Waals surface area (Å²) >= 11 is 9.47. The average molecular weight is 420 g/mol. The second kappa shape index (κ2) is 8.70. The van der Waals surface area contributed by atoms with E-state index in [-0.39, 0.29) is 5.57 Å². The molecule has 1 N–H and O–H groups in total. The maximum atomic E-state index is 12.4. The highest BCUT2D eigenvalue weighted by Gasteiger charge is 2.12. The van der Waals surface area contributed by atoms with Gasteiger partial charge in [-0.1, -0.05) is 23.7 Å². The third-order valence-corrected chi connectivity index (χ3v) is 4.48. The number of hydrogen-bond donors (Lipinski definition) is 1. The van der Waals surface area contributed by atoms with Crippen LogP contribution in [0.3, 0.4) is 0 Å². The molecule has 0 bridgehead atoms. The third kappa shape index (κ3) is 4.85. The van der Waals surface area contributed by atoms with Crippen molar-refractivity contribution in [1.82, 2.24) is 0 Å². The van der Waals surface area contributed by atoms with Crippen LogP contribution in [0.25, 0.3) is 6.08 Å². The van der Waals surface area contributed by atoms with E-state index in [2.05, 4.69) is 21.2 Å². The summed E-state index contributed by atoms with van der Waals surface area (Å²) in [5.41, 5.74) is 2.03. The zero-order chi connectivity index (χ0) is 18.4. The molecule has 4 nitrogen and oxygen atoms in total. The number of halogens is 2. The van der Waals surface area contributed by atoms with E-state index in [9.17, 15) is 10.1 Å². The predicted molar refractivity (Wildman–Crippen MR) is 104 cm³/mol. The summed E-state index contributed by atoms with van der Waals surface area (Å²) in [6.07, 6.45) is 1.52. The molecule has 2 rings (SSSR count). The van der Waals surface area contributed by atoms with Gasteiger partial charge in [0.05, 0.1) is 11.1 Å². The second-order valence-corrected chi connectivity index (χ2v) is 6.42. The summed E-state index contributed by atoms with van der Waals surface area (Å²) < 4.78 is 6.21. The minimum Gasteiger partial charge on any atom is -0.493 e. The smallest absolute Gasteiger partial charge is 0.266 e. The molecule has 0 heterocycles. The van der Waals surface area contributed by atoms with E-state index in [1.165, 1.54) is 6.08 Å². The lowest BCUT2D eigenvalue weighted by Gasteiger charge is -2.09. The van der Waals surface area contributed by atoms with E-state index in [1.807, 2.05) is 13.0 Å². The molecule has 0 aliphatic carbocycles. The van der Waals surface area contributed by atoms with Gasteiger partial charge >= 0.3 is 0 Å². The molecule has 6 heteroatoms. The molecule has 0 aliphatic heterocycles. The van der Waals surface area contributed by atoms with Crippen LogP contribution in [-0.4, -0.2) is 12.5 Å². The molecule has 128 valence electrons. The van der Waals surface area contributed by atoms with Crippen molar-refractivity contribution in [3.8, 4) is 11.8 Å². The molecule has 0 aromatic heterocycles. The molecule has 0 saturated heterocycles. The van der Waals surface area contributed by atoms with E-state index in [0.717, 1.165) is 10.0 Å². The van der Waals surface area contributed by atoms with Crippen LogP contribution in [0, 0.1) is 18.3 Å². The van der Waals surface area contributed by atoms with Crippen molar-refractivity contribution in [3.05, 3.63) is 62.6 Å². The number of amides is 1. The van der Waals surface area contributed by atoms with Gasteiger partial charge in [-0.05, 0) is 71.2 Å². The summed E-state index contributed by atoms with van der Waals surface area (Å²) in [7, 11) is 0. The molecule has 1 amide bonds. The molecule has 0 radical (unpaired) electrons. The van der Waals surface area contributed by atoms with Crippen molar-refractivity contribution in [1.29, 1.82) is 5.26 Å². The fraction of sp³-hybridized carbons (Fsp3) is 0.158. The zero-order valence-corrected chi connectivity index (χ0v) is 16.1. The van der Waals surface area contributed by atoms with E-state index in [4.69, 9.17) is 16.3 Å². The first-order chi connectivity index (χ1) is 12.0. The topological polar surface area (TPSA) is 62.1 Å². The predicted octanol–water partition coefficient (Wildman–Crippen LogP) is 5.36. The number of carbonyl (C=O) groups excluding carboxylic acids is 1. The van der Waals surface area contributed by atoms with Crippen molar-refractivity contribution < 1.29 is 9.53 Å². The number of nitriles is 1. The van der Waals surface area contributed by atoms with Crippen LogP contribution in [-0.2, 0) is 4.79 Å². The number of nitrogens with zero attached hydrogens (tertiary/aromatic N) is 1. The van der Waals surface area contributed by atoms with Gasteiger partial charge in [-0.2, -0.15) is 5.26 Å². The molecule has 0 aliphatic rings. The summed E-state index contributed by atoms with van der Waals surface area (Å²) in [6.45, 7) is 4.26. The zero-order valence-electron chi connectivity index (χ0n) is 13.8. The molecule has 25 heavy (non-hydrogen) atoms. The Hall–Kier alpha value is -2.29. The van der Waals surface area contributed by atoms with Crippen LogP contribution in [0.15, 0.2) is 46.4 Å². The molecule has 0 spiro atoms. The van der Waals surface area contributed by atoms with Gasteiger partial charge in [0, 0.05) is 10.7 Å². The quantitative estimate of drug-likeness (QED) is 0.524.